The van der Waals surface area contributed by atoms with Crippen LogP contribution in [0.15, 0.2) is 60.1 Å². The number of carbonyl (C=O) groups excluding carboxylic acids is 1. The van der Waals surface area contributed by atoms with Crippen LogP contribution in [0.3, 0.4) is 0 Å². The minimum Gasteiger partial charge on any atom is -0.501 e. The molecule has 0 radical (unpaired) electrons. The monoisotopic (exact) mass is 348 g/mol. The highest BCUT2D eigenvalue weighted by Gasteiger charge is 2.35. The Morgan fingerprint density at radius 2 is 2.12 bits per heavy atom. The highest BCUT2D eigenvalue weighted by Crippen LogP contribution is 2.37. The van der Waals surface area contributed by atoms with E-state index in [2.05, 4.69) is 6.58 Å². The Morgan fingerprint density at radius 1 is 1.40 bits per heavy atom. The fourth-order valence-electron chi connectivity index (χ4n) is 2.77. The molecule has 1 aliphatic rings. The van der Waals surface area contributed by atoms with Gasteiger partial charge in [0.15, 0.2) is 0 Å². The number of allylic oxidation sites excluding steroid dienone is 5. The first-order chi connectivity index (χ1) is 12.0. The van der Waals surface area contributed by atoms with Gasteiger partial charge in [0.2, 0.25) is 0 Å². The largest absolute Gasteiger partial charge is 0.501 e. The Hall–Kier alpha value is -2.60. The predicted molar refractivity (Wildman–Crippen MR) is 93.5 cm³/mol. The molecular formula is C19H24O6. The summed E-state index contributed by atoms with van der Waals surface area (Å²) >= 11 is 0. The maximum Gasteiger partial charge on any atom is 0.307 e. The van der Waals surface area contributed by atoms with Gasteiger partial charge in [-0.25, -0.2) is 0 Å². The first-order valence-electron chi connectivity index (χ1n) is 7.82. The number of carboxylic acids is 1. The van der Waals surface area contributed by atoms with Crippen LogP contribution < -0.4 is 0 Å². The first-order valence-corrected chi connectivity index (χ1v) is 7.82. The van der Waals surface area contributed by atoms with Crippen LogP contribution in [0.4, 0.5) is 0 Å². The zero-order chi connectivity index (χ0) is 18.8. The molecule has 0 aromatic rings. The van der Waals surface area contributed by atoms with Crippen LogP contribution >= 0.6 is 0 Å². The van der Waals surface area contributed by atoms with Gasteiger partial charge in [0, 0.05) is 18.4 Å². The number of ether oxygens (including phenoxy) is 2. The van der Waals surface area contributed by atoms with Crippen molar-refractivity contribution in [3.8, 4) is 0 Å². The fourth-order valence-corrected chi connectivity index (χ4v) is 2.77. The van der Waals surface area contributed by atoms with E-state index in [0.29, 0.717) is 17.1 Å². The van der Waals surface area contributed by atoms with Crippen molar-refractivity contribution in [3.63, 3.8) is 0 Å². The van der Waals surface area contributed by atoms with Crippen molar-refractivity contribution in [3.05, 3.63) is 60.1 Å². The molecule has 0 fully saturated rings. The molecule has 0 aromatic heterocycles. The summed E-state index contributed by atoms with van der Waals surface area (Å²) in [4.78, 5) is 21.7. The lowest BCUT2D eigenvalue weighted by Crippen LogP contribution is -2.33. The van der Waals surface area contributed by atoms with Gasteiger partial charge in [-0.1, -0.05) is 30.9 Å². The minimum absolute atomic E-state index is 0.103. The van der Waals surface area contributed by atoms with Crippen molar-refractivity contribution in [2.45, 2.75) is 18.9 Å². The number of carbonyl (C=O) groups is 2. The molecule has 3 unspecified atom stereocenters. The number of hydrogen-bond donors (Lipinski definition) is 2. The number of hydrogen-bond acceptors (Lipinski definition) is 5. The summed E-state index contributed by atoms with van der Waals surface area (Å²) in [5, 5.41) is 19.2. The van der Waals surface area contributed by atoms with Crippen LogP contribution in [-0.4, -0.2) is 42.8 Å². The van der Waals surface area contributed by atoms with Crippen molar-refractivity contribution in [1.82, 2.24) is 0 Å². The third-order valence-electron chi connectivity index (χ3n) is 3.95. The summed E-state index contributed by atoms with van der Waals surface area (Å²) in [7, 11) is 2.99. The van der Waals surface area contributed by atoms with Gasteiger partial charge in [-0.2, -0.15) is 0 Å². The van der Waals surface area contributed by atoms with Crippen molar-refractivity contribution in [1.29, 1.82) is 0 Å². The van der Waals surface area contributed by atoms with Crippen molar-refractivity contribution in [2.24, 2.45) is 11.8 Å². The maximum absolute atomic E-state index is 11.2. The van der Waals surface area contributed by atoms with E-state index in [9.17, 15) is 14.7 Å². The van der Waals surface area contributed by atoms with Crippen LogP contribution in [0.2, 0.25) is 0 Å². The Labute approximate surface area is 147 Å². The van der Waals surface area contributed by atoms with Crippen molar-refractivity contribution in [2.75, 3.05) is 14.2 Å². The molecule has 0 heterocycles. The molecule has 6 heteroatoms. The van der Waals surface area contributed by atoms with E-state index in [-0.39, 0.29) is 18.8 Å². The molecule has 0 saturated carbocycles. The molecule has 6 nitrogen and oxygen atoms in total. The van der Waals surface area contributed by atoms with Crippen LogP contribution in [0.5, 0.6) is 0 Å². The van der Waals surface area contributed by atoms with Crippen molar-refractivity contribution >= 4 is 12.3 Å². The standard InChI is InChI=1S/C19H24O6/c1-4-13(7-5-6-8-18(22)23)15(9-10-20)19-16(21)11-14(24-2)12-17(19)25-3/h4-7,10-12,15-16,19,21H,1,8-9H2,2-3H3,(H,22,23)/b6-5+,13-7+. The minimum atomic E-state index is -0.932. The van der Waals surface area contributed by atoms with E-state index in [1.165, 1.54) is 20.3 Å². The van der Waals surface area contributed by atoms with Gasteiger partial charge in [-0.05, 0) is 11.6 Å². The zero-order valence-corrected chi connectivity index (χ0v) is 14.4. The number of aliphatic hydroxyl groups is 1. The topological polar surface area (TPSA) is 93.1 Å². The van der Waals surface area contributed by atoms with E-state index in [1.54, 1.807) is 30.4 Å². The van der Waals surface area contributed by atoms with Crippen LogP contribution in [-0.2, 0) is 19.1 Å². The van der Waals surface area contributed by atoms with E-state index >= 15 is 0 Å². The van der Waals surface area contributed by atoms with E-state index in [0.717, 1.165) is 6.29 Å². The number of aliphatic hydroxyl groups excluding tert-OH is 1. The second kappa shape index (κ2) is 10.3. The van der Waals surface area contributed by atoms with Gasteiger partial charge < -0.3 is 24.5 Å². The van der Waals surface area contributed by atoms with Gasteiger partial charge in [0.25, 0.3) is 0 Å². The average Bonchev–Trinajstić information content (AvgIpc) is 2.59. The lowest BCUT2D eigenvalue weighted by atomic mass is 9.77. The highest BCUT2D eigenvalue weighted by molar-refractivity contribution is 5.68. The maximum atomic E-state index is 11.2. The van der Waals surface area contributed by atoms with E-state index in [1.807, 2.05) is 0 Å². The summed E-state index contributed by atoms with van der Waals surface area (Å²) < 4.78 is 10.5. The number of rotatable bonds is 10. The summed E-state index contributed by atoms with van der Waals surface area (Å²) in [5.41, 5.74) is 0.704. The molecule has 0 saturated heterocycles. The molecule has 1 aliphatic carbocycles. The number of methoxy groups -OCH3 is 2. The Balaban J connectivity index is 3.17. The molecule has 136 valence electrons. The summed E-state index contributed by atoms with van der Waals surface area (Å²) in [6, 6.07) is 0. The summed E-state index contributed by atoms with van der Waals surface area (Å²) in [6.07, 6.45) is 9.56. The Kier molecular flexibility index (Phi) is 8.43. The van der Waals surface area contributed by atoms with E-state index in [4.69, 9.17) is 14.6 Å². The Morgan fingerprint density at radius 3 is 2.64 bits per heavy atom. The molecular weight excluding hydrogens is 324 g/mol. The predicted octanol–water partition coefficient (Wildman–Crippen LogP) is 2.39. The smallest absolute Gasteiger partial charge is 0.307 e. The van der Waals surface area contributed by atoms with Crippen molar-refractivity contribution < 1.29 is 29.3 Å². The third-order valence-corrected chi connectivity index (χ3v) is 3.95. The molecule has 25 heavy (non-hydrogen) atoms. The SMILES string of the molecule is C=C/C(=C\C=C\CC(=O)O)C(CC=O)C1C(OC)=CC(OC)=CC1O. The fraction of sp³-hybridized carbons (Fsp3) is 0.368. The third kappa shape index (κ3) is 5.76. The number of aldehydes is 1. The molecule has 0 aromatic carbocycles. The van der Waals surface area contributed by atoms with Gasteiger partial charge in [-0.3, -0.25) is 4.79 Å². The zero-order valence-electron chi connectivity index (χ0n) is 14.4. The van der Waals surface area contributed by atoms with Gasteiger partial charge in [0.1, 0.15) is 17.8 Å². The average molecular weight is 348 g/mol. The first kappa shape index (κ1) is 20.4. The Bertz CT molecular complexity index is 611. The quantitative estimate of drug-likeness (QED) is 0.465. The molecule has 3 atom stereocenters. The van der Waals surface area contributed by atoms with Crippen LogP contribution in [0.1, 0.15) is 12.8 Å². The normalized spacial score (nSPS) is 22.0. The lowest BCUT2D eigenvalue weighted by Gasteiger charge is -2.33. The molecule has 1 rings (SSSR count). The highest BCUT2D eigenvalue weighted by atomic mass is 16.5. The van der Waals surface area contributed by atoms with Gasteiger partial charge in [0.05, 0.1) is 32.7 Å². The van der Waals surface area contributed by atoms with Gasteiger partial charge in [-0.15, -0.1) is 0 Å². The molecule has 0 aliphatic heterocycles. The van der Waals surface area contributed by atoms with Crippen LogP contribution in [0.25, 0.3) is 0 Å². The lowest BCUT2D eigenvalue weighted by molar-refractivity contribution is -0.136. The molecule has 0 spiro atoms. The molecule has 2 N–H and O–H groups in total. The van der Waals surface area contributed by atoms with E-state index < -0.39 is 18.0 Å². The summed E-state index contributed by atoms with van der Waals surface area (Å²) in [5.74, 6) is -0.803. The second-order valence-corrected chi connectivity index (χ2v) is 5.45. The second-order valence-electron chi connectivity index (χ2n) is 5.45. The van der Waals surface area contributed by atoms with Crippen LogP contribution in [0, 0.1) is 11.8 Å². The molecule has 0 amide bonds. The molecule has 0 bridgehead atoms. The summed E-state index contributed by atoms with van der Waals surface area (Å²) in [6.45, 7) is 3.76. The number of aliphatic carboxylic acids is 1. The number of carboxylic acid groups (broad SMARTS) is 1. The van der Waals surface area contributed by atoms with Gasteiger partial charge >= 0.3 is 5.97 Å².